The van der Waals surface area contributed by atoms with E-state index in [4.69, 9.17) is 0 Å². The molecule has 0 spiro atoms. The number of para-hydroxylation sites is 1. The number of fused-ring (bicyclic) bond motifs is 4. The molecule has 19 heavy (non-hydrogen) atoms. The number of anilines is 1. The van der Waals surface area contributed by atoms with Crippen molar-refractivity contribution in [1.82, 2.24) is 0 Å². The molecule has 4 atom stereocenters. The molecule has 6 rings (SSSR count). The summed E-state index contributed by atoms with van der Waals surface area (Å²) in [4.78, 5) is 2.94. The fraction of sp³-hybridized carbons (Fsp3) is 0.667. The molecule has 1 nitrogen and oxygen atoms in total. The van der Waals surface area contributed by atoms with E-state index in [1.165, 1.54) is 31.4 Å². The molecule has 4 saturated carbocycles. The van der Waals surface area contributed by atoms with Gasteiger partial charge in [-0.1, -0.05) is 18.2 Å². The van der Waals surface area contributed by atoms with E-state index >= 15 is 0 Å². The number of nitrogens with zero attached hydrogens (tertiary/aromatic N) is 1. The summed E-state index contributed by atoms with van der Waals surface area (Å²) in [6.07, 6.45) is 9.24. The summed E-state index contributed by atoms with van der Waals surface area (Å²) in [7, 11) is 0. The first-order valence-electron chi connectivity index (χ1n) is 8.25. The lowest BCUT2D eigenvalue weighted by molar-refractivity contribution is 0.265. The Balaban J connectivity index is 1.59. The molecule has 5 aliphatic rings. The van der Waals surface area contributed by atoms with Crippen molar-refractivity contribution in [3.05, 3.63) is 30.3 Å². The maximum absolute atomic E-state index is 2.94. The van der Waals surface area contributed by atoms with Gasteiger partial charge in [0.15, 0.2) is 0 Å². The summed E-state index contributed by atoms with van der Waals surface area (Å²) >= 11 is 0. The topological polar surface area (TPSA) is 3.01 Å². The van der Waals surface area contributed by atoms with Gasteiger partial charge in [-0.2, -0.15) is 0 Å². The summed E-state index contributed by atoms with van der Waals surface area (Å²) < 4.78 is 0. The highest BCUT2D eigenvalue weighted by atomic mass is 15.5. The van der Waals surface area contributed by atoms with E-state index in [-0.39, 0.29) is 0 Å². The Bertz CT molecular complexity index is 510. The molecule has 1 heteroatoms. The summed E-state index contributed by atoms with van der Waals surface area (Å²) in [5, 5.41) is 0. The first-order chi connectivity index (χ1) is 9.40. The molecule has 1 aromatic carbocycles. The average molecular weight is 251 g/mol. The average Bonchev–Trinajstić information content (AvgIpc) is 2.98. The van der Waals surface area contributed by atoms with Crippen LogP contribution in [-0.2, 0) is 0 Å². The van der Waals surface area contributed by atoms with Gasteiger partial charge >= 0.3 is 0 Å². The van der Waals surface area contributed by atoms with Crippen molar-refractivity contribution in [1.29, 1.82) is 0 Å². The van der Waals surface area contributed by atoms with Crippen molar-refractivity contribution < 1.29 is 0 Å². The molecule has 0 N–H and O–H groups in total. The van der Waals surface area contributed by atoms with Gasteiger partial charge in [0, 0.05) is 5.69 Å². The summed E-state index contributed by atoms with van der Waals surface area (Å²) in [5.74, 6) is 4.14. The predicted molar refractivity (Wildman–Crippen MR) is 76.0 cm³/mol. The lowest BCUT2D eigenvalue weighted by Gasteiger charge is -2.29. The molecule has 98 valence electrons. The molecule has 4 aliphatic carbocycles. The Morgan fingerprint density at radius 1 is 0.737 bits per heavy atom. The van der Waals surface area contributed by atoms with Gasteiger partial charge in [-0.3, -0.25) is 0 Å². The smallest absolute Gasteiger partial charge is 0.0702 e. The number of hydrogen-bond acceptors (Lipinski definition) is 1. The Morgan fingerprint density at radius 3 is 1.68 bits per heavy atom. The van der Waals surface area contributed by atoms with Crippen molar-refractivity contribution >= 4 is 5.69 Å². The van der Waals surface area contributed by atoms with Crippen LogP contribution in [0.25, 0.3) is 0 Å². The fourth-order valence-electron chi connectivity index (χ4n) is 7.70. The van der Waals surface area contributed by atoms with E-state index in [1.54, 1.807) is 12.8 Å². The van der Waals surface area contributed by atoms with Gasteiger partial charge in [-0.15, -0.1) is 0 Å². The van der Waals surface area contributed by atoms with Crippen LogP contribution in [0.2, 0.25) is 0 Å². The van der Waals surface area contributed by atoms with E-state index in [0.29, 0.717) is 11.1 Å². The Labute approximate surface area is 115 Å². The molecule has 0 amide bonds. The molecule has 1 aromatic rings. The first kappa shape index (κ1) is 9.85. The molecular formula is C18H21N. The maximum Gasteiger partial charge on any atom is 0.0702 e. The largest absolute Gasteiger partial charge is 0.354 e. The molecule has 0 unspecified atom stereocenters. The molecule has 0 aromatic heterocycles. The predicted octanol–water partition coefficient (Wildman–Crippen LogP) is 3.84. The summed E-state index contributed by atoms with van der Waals surface area (Å²) in [5.41, 5.74) is 2.82. The van der Waals surface area contributed by atoms with Crippen LogP contribution in [0.3, 0.4) is 0 Å². The van der Waals surface area contributed by atoms with Crippen LogP contribution in [0, 0.1) is 23.7 Å². The van der Waals surface area contributed by atoms with E-state index in [9.17, 15) is 0 Å². The monoisotopic (exact) mass is 251 g/mol. The van der Waals surface area contributed by atoms with Crippen LogP contribution in [-0.4, -0.2) is 11.1 Å². The fourth-order valence-corrected chi connectivity index (χ4v) is 7.70. The summed E-state index contributed by atoms with van der Waals surface area (Å²) in [6.45, 7) is 0. The molecule has 5 fully saturated rings. The molecule has 1 aliphatic heterocycles. The molecule has 0 radical (unpaired) electrons. The highest BCUT2D eigenvalue weighted by molar-refractivity contribution is 5.72. The van der Waals surface area contributed by atoms with E-state index in [0.717, 1.165) is 23.7 Å². The standard InChI is InChI=1S/C18H21N/c1-2-4-16(5-3-1)19-17-12-6-7-13(10-12)18(17,19)15-9-8-14(17)11-15/h1-5,12-15H,6-11H2/t12-,13-,14-,15-,17?,18?,19?/m0/s1. The van der Waals surface area contributed by atoms with Crippen molar-refractivity contribution in [3.63, 3.8) is 0 Å². The van der Waals surface area contributed by atoms with Crippen LogP contribution in [0.1, 0.15) is 38.5 Å². The van der Waals surface area contributed by atoms with Crippen LogP contribution >= 0.6 is 0 Å². The van der Waals surface area contributed by atoms with Gasteiger partial charge in [-0.25, -0.2) is 0 Å². The van der Waals surface area contributed by atoms with Gasteiger partial charge < -0.3 is 4.90 Å². The third kappa shape index (κ3) is 0.740. The van der Waals surface area contributed by atoms with Gasteiger partial charge in [0.2, 0.25) is 0 Å². The summed E-state index contributed by atoms with van der Waals surface area (Å²) in [6, 6.07) is 11.4. The van der Waals surface area contributed by atoms with Gasteiger partial charge in [-0.05, 0) is 74.3 Å². The van der Waals surface area contributed by atoms with Gasteiger partial charge in [0.1, 0.15) is 0 Å². The van der Waals surface area contributed by atoms with Crippen molar-refractivity contribution in [2.45, 2.75) is 49.6 Å². The molecular weight excluding hydrogens is 230 g/mol. The van der Waals surface area contributed by atoms with Crippen molar-refractivity contribution in [2.24, 2.45) is 23.7 Å². The minimum Gasteiger partial charge on any atom is -0.354 e. The Hall–Kier alpha value is -0.980. The molecule has 4 bridgehead atoms. The van der Waals surface area contributed by atoms with Crippen LogP contribution in [0.15, 0.2) is 30.3 Å². The quantitative estimate of drug-likeness (QED) is 0.685. The first-order valence-corrected chi connectivity index (χ1v) is 8.25. The highest BCUT2D eigenvalue weighted by Crippen LogP contribution is 2.85. The SMILES string of the molecule is c1ccc(N2C34[C@H]5CC[C@@H](C5)C23[C@H]2CC[C@H]4C2)cc1. The number of hydrogen-bond donors (Lipinski definition) is 0. The third-order valence-electron chi connectivity index (χ3n) is 7.70. The van der Waals surface area contributed by atoms with Crippen LogP contribution < -0.4 is 4.90 Å². The van der Waals surface area contributed by atoms with E-state index in [2.05, 4.69) is 35.2 Å². The zero-order chi connectivity index (χ0) is 12.2. The van der Waals surface area contributed by atoms with E-state index < -0.39 is 0 Å². The Kier molecular flexibility index (Phi) is 1.41. The maximum atomic E-state index is 2.94. The van der Waals surface area contributed by atoms with E-state index in [1.807, 2.05) is 0 Å². The third-order valence-corrected chi connectivity index (χ3v) is 7.70. The normalized spacial score (nSPS) is 55.5. The second-order valence-electron chi connectivity index (χ2n) is 7.74. The van der Waals surface area contributed by atoms with Crippen molar-refractivity contribution in [3.8, 4) is 0 Å². The van der Waals surface area contributed by atoms with Crippen LogP contribution in [0.4, 0.5) is 5.69 Å². The van der Waals surface area contributed by atoms with Gasteiger partial charge in [0.25, 0.3) is 0 Å². The lowest BCUT2D eigenvalue weighted by Crippen LogP contribution is -2.37. The van der Waals surface area contributed by atoms with Gasteiger partial charge in [0.05, 0.1) is 11.1 Å². The Morgan fingerprint density at radius 2 is 1.21 bits per heavy atom. The minimum atomic E-state index is 0.639. The second kappa shape index (κ2) is 2.73. The lowest BCUT2D eigenvalue weighted by atomic mass is 9.71. The zero-order valence-electron chi connectivity index (χ0n) is 11.4. The number of piperidine rings is 2. The number of rotatable bonds is 1. The minimum absolute atomic E-state index is 0.639. The molecule has 1 saturated heterocycles. The van der Waals surface area contributed by atoms with Crippen LogP contribution in [0.5, 0.6) is 0 Å². The van der Waals surface area contributed by atoms with Crippen molar-refractivity contribution in [2.75, 3.05) is 4.90 Å². The highest BCUT2D eigenvalue weighted by Gasteiger charge is 2.93. The zero-order valence-corrected chi connectivity index (χ0v) is 11.4. The number of benzene rings is 1. The second-order valence-corrected chi connectivity index (χ2v) is 7.74. The molecule has 1 heterocycles.